The zero-order valence-electron chi connectivity index (χ0n) is 22.0. The number of benzene rings is 3. The van der Waals surface area contributed by atoms with Crippen molar-refractivity contribution in [3.05, 3.63) is 99.6 Å². The van der Waals surface area contributed by atoms with E-state index in [0.717, 1.165) is 11.1 Å². The van der Waals surface area contributed by atoms with Crippen molar-refractivity contribution in [2.45, 2.75) is 46.1 Å². The van der Waals surface area contributed by atoms with Gasteiger partial charge in [-0.2, -0.15) is 0 Å². The highest BCUT2D eigenvalue weighted by molar-refractivity contribution is 5.94. The number of para-hydroxylation sites is 1. The smallest absolute Gasteiger partial charge is 0.266 e. The number of ether oxygens (including phenoxy) is 1. The third-order valence-electron chi connectivity index (χ3n) is 6.65. The summed E-state index contributed by atoms with van der Waals surface area (Å²) in [5.74, 6) is 0.873. The highest BCUT2D eigenvalue weighted by Crippen LogP contribution is 2.29. The second-order valence-electron chi connectivity index (χ2n) is 10.2. The summed E-state index contributed by atoms with van der Waals surface area (Å²) in [6.45, 7) is 10.3. The molecule has 0 aliphatic rings. The molecule has 0 aliphatic carbocycles. The highest BCUT2D eigenvalue weighted by atomic mass is 16.5. The van der Waals surface area contributed by atoms with Crippen LogP contribution in [0.25, 0.3) is 16.6 Å². The molecule has 0 N–H and O–H groups in total. The Labute approximate surface area is 212 Å². The molecule has 0 fully saturated rings. The van der Waals surface area contributed by atoms with Gasteiger partial charge in [-0.1, -0.05) is 51.1 Å². The van der Waals surface area contributed by atoms with Crippen LogP contribution >= 0.6 is 0 Å². The summed E-state index contributed by atoms with van der Waals surface area (Å²) < 4.78 is 7.18. The van der Waals surface area contributed by atoms with E-state index in [-0.39, 0.29) is 16.9 Å². The third kappa shape index (κ3) is 4.63. The second kappa shape index (κ2) is 9.61. The fourth-order valence-electron chi connectivity index (χ4n) is 4.30. The monoisotopic (exact) mass is 483 g/mol. The van der Waals surface area contributed by atoms with Gasteiger partial charge in [0.15, 0.2) is 0 Å². The Bertz CT molecular complexity index is 1480. The second-order valence-corrected chi connectivity index (χ2v) is 10.2. The number of fused-ring (bicyclic) bond motifs is 1. The van der Waals surface area contributed by atoms with Crippen LogP contribution < -0.4 is 10.3 Å². The SMILES string of the molecule is COc1ccc(C)cc1-n1c(C(C)N(C)C(=O)c2ccc(C(C)(C)C)cc2)nc2ccccc2c1=O. The maximum Gasteiger partial charge on any atom is 0.266 e. The molecule has 4 aromatic rings. The van der Waals surface area contributed by atoms with Gasteiger partial charge in [0, 0.05) is 12.6 Å². The van der Waals surface area contributed by atoms with E-state index in [9.17, 15) is 9.59 Å². The molecule has 0 radical (unpaired) electrons. The van der Waals surface area contributed by atoms with Gasteiger partial charge in [0.25, 0.3) is 11.5 Å². The largest absolute Gasteiger partial charge is 0.495 e. The Morgan fingerprint density at radius 2 is 1.69 bits per heavy atom. The summed E-state index contributed by atoms with van der Waals surface area (Å²) in [6.07, 6.45) is 0. The van der Waals surface area contributed by atoms with Gasteiger partial charge in [-0.15, -0.1) is 0 Å². The Hall–Kier alpha value is -3.93. The van der Waals surface area contributed by atoms with E-state index >= 15 is 0 Å². The lowest BCUT2D eigenvalue weighted by Gasteiger charge is -2.28. The van der Waals surface area contributed by atoms with Crippen molar-refractivity contribution in [1.82, 2.24) is 14.5 Å². The first-order valence-corrected chi connectivity index (χ1v) is 12.1. The fourth-order valence-corrected chi connectivity index (χ4v) is 4.30. The van der Waals surface area contributed by atoms with Crippen LogP contribution in [-0.4, -0.2) is 34.5 Å². The van der Waals surface area contributed by atoms with Crippen LogP contribution in [0.4, 0.5) is 0 Å². The van der Waals surface area contributed by atoms with Gasteiger partial charge in [0.1, 0.15) is 11.6 Å². The minimum absolute atomic E-state index is 0.00126. The molecule has 1 aromatic heterocycles. The molecule has 3 aromatic carbocycles. The van der Waals surface area contributed by atoms with Gasteiger partial charge in [-0.05, 0) is 66.8 Å². The van der Waals surface area contributed by atoms with Gasteiger partial charge in [0.2, 0.25) is 0 Å². The Balaban J connectivity index is 1.85. The summed E-state index contributed by atoms with van der Waals surface area (Å²) >= 11 is 0. The van der Waals surface area contributed by atoms with Crippen LogP contribution in [0.3, 0.4) is 0 Å². The first kappa shape index (κ1) is 25.2. The van der Waals surface area contributed by atoms with Crippen LogP contribution in [0.1, 0.15) is 61.0 Å². The number of aryl methyl sites for hydroxylation is 1. The lowest BCUT2D eigenvalue weighted by molar-refractivity contribution is 0.0735. The van der Waals surface area contributed by atoms with Crippen LogP contribution in [0.15, 0.2) is 71.5 Å². The molecule has 0 spiro atoms. The van der Waals surface area contributed by atoms with Crippen LogP contribution in [0, 0.1) is 6.92 Å². The molecule has 1 heterocycles. The molecule has 6 heteroatoms. The normalized spacial score (nSPS) is 12.4. The zero-order chi connectivity index (χ0) is 26.2. The van der Waals surface area contributed by atoms with E-state index in [4.69, 9.17) is 9.72 Å². The van der Waals surface area contributed by atoms with Crippen LogP contribution in [0.5, 0.6) is 5.75 Å². The van der Waals surface area contributed by atoms with Gasteiger partial charge in [-0.3, -0.25) is 14.2 Å². The third-order valence-corrected chi connectivity index (χ3v) is 6.65. The van der Waals surface area contributed by atoms with Gasteiger partial charge in [-0.25, -0.2) is 4.98 Å². The molecule has 1 unspecified atom stereocenters. The van der Waals surface area contributed by atoms with Crippen molar-refractivity contribution >= 4 is 16.8 Å². The van der Waals surface area contributed by atoms with Crippen LogP contribution in [-0.2, 0) is 5.41 Å². The van der Waals surface area contributed by atoms with Gasteiger partial charge >= 0.3 is 0 Å². The predicted octanol–water partition coefficient (Wildman–Crippen LogP) is 5.83. The van der Waals surface area contributed by atoms with Gasteiger partial charge in [0.05, 0.1) is 29.7 Å². The summed E-state index contributed by atoms with van der Waals surface area (Å²) in [6, 6.07) is 20.1. The molecular formula is C30H33N3O3. The Kier molecular flexibility index (Phi) is 6.72. The number of nitrogens with zero attached hydrogens (tertiary/aromatic N) is 3. The van der Waals surface area contributed by atoms with E-state index in [1.54, 1.807) is 29.7 Å². The maximum absolute atomic E-state index is 13.8. The number of carbonyl (C=O) groups is 1. The molecule has 1 atom stereocenters. The van der Waals surface area contributed by atoms with Crippen molar-refractivity contribution in [2.75, 3.05) is 14.2 Å². The van der Waals surface area contributed by atoms with E-state index in [1.165, 1.54) is 0 Å². The molecule has 0 aliphatic heterocycles. The number of methoxy groups -OCH3 is 1. The molecule has 0 saturated heterocycles. The summed E-state index contributed by atoms with van der Waals surface area (Å²) in [4.78, 5) is 33.8. The Morgan fingerprint density at radius 1 is 1.03 bits per heavy atom. The molecule has 36 heavy (non-hydrogen) atoms. The van der Waals surface area contributed by atoms with Crippen molar-refractivity contribution in [1.29, 1.82) is 0 Å². The predicted molar refractivity (Wildman–Crippen MR) is 144 cm³/mol. The Morgan fingerprint density at radius 3 is 2.33 bits per heavy atom. The van der Waals surface area contributed by atoms with Crippen molar-refractivity contribution in [3.8, 4) is 11.4 Å². The van der Waals surface area contributed by atoms with E-state index in [2.05, 4.69) is 20.8 Å². The minimum atomic E-state index is -0.498. The lowest BCUT2D eigenvalue weighted by atomic mass is 9.86. The van der Waals surface area contributed by atoms with E-state index in [0.29, 0.717) is 33.7 Å². The first-order chi connectivity index (χ1) is 17.0. The lowest BCUT2D eigenvalue weighted by Crippen LogP contribution is -2.35. The molecule has 186 valence electrons. The minimum Gasteiger partial charge on any atom is -0.495 e. The van der Waals surface area contributed by atoms with Crippen LogP contribution in [0.2, 0.25) is 0 Å². The topological polar surface area (TPSA) is 64.4 Å². The molecule has 1 amide bonds. The number of rotatable bonds is 5. The summed E-state index contributed by atoms with van der Waals surface area (Å²) in [5.41, 5.74) is 3.69. The molecule has 4 rings (SSSR count). The fraction of sp³-hybridized carbons (Fsp3) is 0.300. The zero-order valence-corrected chi connectivity index (χ0v) is 22.0. The molecular weight excluding hydrogens is 450 g/mol. The van der Waals surface area contributed by atoms with E-state index < -0.39 is 6.04 Å². The highest BCUT2D eigenvalue weighted by Gasteiger charge is 2.26. The number of hydrogen-bond donors (Lipinski definition) is 0. The quantitative estimate of drug-likeness (QED) is 0.358. The number of hydrogen-bond acceptors (Lipinski definition) is 4. The van der Waals surface area contributed by atoms with E-state index in [1.807, 2.05) is 74.5 Å². The maximum atomic E-state index is 13.8. The number of carbonyl (C=O) groups excluding carboxylic acids is 1. The van der Waals surface area contributed by atoms with Crippen molar-refractivity contribution < 1.29 is 9.53 Å². The molecule has 0 bridgehead atoms. The average Bonchev–Trinajstić information content (AvgIpc) is 2.87. The standard InChI is InChI=1S/C30H33N3O3/c1-19-12-17-26(36-7)25(18-19)33-27(31-24-11-9-8-10-23(24)29(33)35)20(2)32(6)28(34)21-13-15-22(16-14-21)30(3,4)5/h8-18,20H,1-7H3. The first-order valence-electron chi connectivity index (χ1n) is 12.1. The molecule has 6 nitrogen and oxygen atoms in total. The van der Waals surface area contributed by atoms with Crippen molar-refractivity contribution in [3.63, 3.8) is 0 Å². The van der Waals surface area contributed by atoms with Crippen molar-refractivity contribution in [2.24, 2.45) is 0 Å². The number of aromatic nitrogens is 2. The summed E-state index contributed by atoms with van der Waals surface area (Å²) in [5, 5.41) is 0.503. The average molecular weight is 484 g/mol. The molecule has 0 saturated carbocycles. The summed E-state index contributed by atoms with van der Waals surface area (Å²) in [7, 11) is 3.32. The van der Waals surface area contributed by atoms with Gasteiger partial charge < -0.3 is 9.64 Å². The number of amides is 1.